The maximum atomic E-state index is 12.4. The van der Waals surface area contributed by atoms with Crippen LogP contribution in [0.3, 0.4) is 0 Å². The predicted octanol–water partition coefficient (Wildman–Crippen LogP) is 0.0279. The molecule has 25 heavy (non-hydrogen) atoms. The fraction of sp³-hybridized carbons (Fsp3) is 0.556. The molecule has 0 radical (unpaired) electrons. The Kier molecular flexibility index (Phi) is 7.08. The van der Waals surface area contributed by atoms with E-state index < -0.39 is 0 Å². The van der Waals surface area contributed by atoms with Crippen molar-refractivity contribution in [3.05, 3.63) is 29.3 Å². The number of carbonyl (C=O) groups is 2. The van der Waals surface area contributed by atoms with E-state index in [1.807, 2.05) is 50.1 Å². The van der Waals surface area contributed by atoms with E-state index in [0.29, 0.717) is 26.2 Å². The molecule has 1 aromatic rings. The van der Waals surface area contributed by atoms with Gasteiger partial charge < -0.3 is 20.0 Å². The average molecular weight is 368 g/mol. The molecule has 1 aromatic carbocycles. The molecule has 2 rings (SSSR count). The number of nitrogens with one attached hydrogen (secondary N) is 2. The van der Waals surface area contributed by atoms with Gasteiger partial charge in [-0.15, -0.1) is 0 Å². The lowest BCUT2D eigenvalue weighted by Gasteiger charge is -2.36. The second kappa shape index (κ2) is 9.06. The van der Waals surface area contributed by atoms with Crippen molar-refractivity contribution >= 4 is 29.1 Å². The number of likely N-dealkylation sites (N-methyl/N-ethyl adjacent to an activating group) is 1. The van der Waals surface area contributed by atoms with Crippen molar-refractivity contribution in [2.45, 2.75) is 19.9 Å². The van der Waals surface area contributed by atoms with Gasteiger partial charge in [-0.05, 0) is 32.0 Å². The van der Waals surface area contributed by atoms with E-state index in [0.717, 1.165) is 28.7 Å². The van der Waals surface area contributed by atoms with E-state index >= 15 is 0 Å². The van der Waals surface area contributed by atoms with Crippen molar-refractivity contribution in [2.75, 3.05) is 51.2 Å². The Morgan fingerprint density at radius 2 is 1.88 bits per heavy atom. The highest BCUT2D eigenvalue weighted by Crippen LogP contribution is 2.20. The molecule has 1 saturated heterocycles. The lowest BCUT2D eigenvalue weighted by atomic mass is 10.2. The van der Waals surface area contributed by atoms with Crippen molar-refractivity contribution < 1.29 is 14.5 Å². The predicted molar refractivity (Wildman–Crippen MR) is 100 cm³/mol. The van der Waals surface area contributed by atoms with Crippen molar-refractivity contribution in [1.29, 1.82) is 0 Å². The highest BCUT2D eigenvalue weighted by atomic mass is 35.5. The van der Waals surface area contributed by atoms with Crippen LogP contribution < -0.4 is 15.1 Å². The molecule has 0 aliphatic carbocycles. The molecule has 0 aromatic heterocycles. The van der Waals surface area contributed by atoms with Gasteiger partial charge in [0.2, 0.25) is 0 Å². The number of hydrogen-bond acceptors (Lipinski definition) is 3. The van der Waals surface area contributed by atoms with E-state index in [1.54, 1.807) is 0 Å². The largest absolute Gasteiger partial charge is 0.368 e. The molecule has 1 aliphatic rings. The Balaban J connectivity index is 1.78. The van der Waals surface area contributed by atoms with Gasteiger partial charge >= 0.3 is 0 Å². The molecule has 7 heteroatoms. The number of amides is 2. The first-order valence-electron chi connectivity index (χ1n) is 8.74. The zero-order chi connectivity index (χ0) is 18.4. The maximum Gasteiger partial charge on any atom is 0.277 e. The number of nitrogens with zero attached hydrogens (tertiary/aromatic N) is 2. The molecule has 1 heterocycles. The number of anilines is 1. The summed E-state index contributed by atoms with van der Waals surface area (Å²) in [6.07, 6.45) is 0. The lowest BCUT2D eigenvalue weighted by Crippen LogP contribution is -3.11. The van der Waals surface area contributed by atoms with Crippen molar-refractivity contribution in [3.63, 3.8) is 0 Å². The van der Waals surface area contributed by atoms with Gasteiger partial charge in [-0.3, -0.25) is 9.59 Å². The molecule has 1 unspecified atom stereocenters. The third-order valence-corrected chi connectivity index (χ3v) is 4.41. The van der Waals surface area contributed by atoms with Crippen LogP contribution in [0.25, 0.3) is 0 Å². The second-order valence-electron chi connectivity index (χ2n) is 6.88. The minimum Gasteiger partial charge on any atom is -0.368 e. The Hall–Kier alpha value is -1.79. The van der Waals surface area contributed by atoms with Gasteiger partial charge in [-0.1, -0.05) is 17.7 Å². The summed E-state index contributed by atoms with van der Waals surface area (Å²) in [6, 6.07) is 7.91. The molecule has 2 N–H and O–H groups in total. The first-order valence-corrected chi connectivity index (χ1v) is 9.12. The normalized spacial score (nSPS) is 16.0. The summed E-state index contributed by atoms with van der Waals surface area (Å²) in [4.78, 5) is 29.2. The third-order valence-electron chi connectivity index (χ3n) is 4.17. The van der Waals surface area contributed by atoms with E-state index in [1.165, 1.54) is 0 Å². The van der Waals surface area contributed by atoms with Gasteiger partial charge in [0, 0.05) is 42.9 Å². The monoisotopic (exact) mass is 367 g/mol. The van der Waals surface area contributed by atoms with Crippen LogP contribution in [0.15, 0.2) is 24.3 Å². The van der Waals surface area contributed by atoms with E-state index in [4.69, 9.17) is 11.6 Å². The van der Waals surface area contributed by atoms with Crippen LogP contribution in [0.5, 0.6) is 0 Å². The second-order valence-corrected chi connectivity index (χ2v) is 7.32. The van der Waals surface area contributed by atoms with Gasteiger partial charge in [0.05, 0.1) is 7.05 Å². The van der Waals surface area contributed by atoms with Crippen LogP contribution in [0.1, 0.15) is 13.8 Å². The SMILES string of the molecule is CC(C)NC(=O)C[NH+](C)CC(=O)N1CCN(c2cccc(Cl)c2)CC1. The first-order chi connectivity index (χ1) is 11.8. The van der Waals surface area contributed by atoms with Crippen LogP contribution >= 0.6 is 11.6 Å². The fourth-order valence-electron chi connectivity index (χ4n) is 2.97. The summed E-state index contributed by atoms with van der Waals surface area (Å²) in [5.74, 6) is 0.0756. The highest BCUT2D eigenvalue weighted by Gasteiger charge is 2.24. The zero-order valence-corrected chi connectivity index (χ0v) is 16.0. The van der Waals surface area contributed by atoms with Crippen LogP contribution in [0, 0.1) is 0 Å². The minimum absolute atomic E-state index is 0.0222. The Morgan fingerprint density at radius 3 is 2.48 bits per heavy atom. The standard InChI is InChI=1S/C18H27ClN4O2/c1-14(2)20-17(24)12-21(3)13-18(25)23-9-7-22(8-10-23)16-6-4-5-15(19)11-16/h4-6,11,14H,7-10,12-13H2,1-3H3,(H,20,24)/p+1. The highest BCUT2D eigenvalue weighted by molar-refractivity contribution is 6.30. The Bertz CT molecular complexity index is 600. The fourth-order valence-corrected chi connectivity index (χ4v) is 3.15. The van der Waals surface area contributed by atoms with Gasteiger partial charge in [0.1, 0.15) is 0 Å². The number of halogens is 1. The quantitative estimate of drug-likeness (QED) is 0.745. The number of rotatable bonds is 6. The van der Waals surface area contributed by atoms with Crippen LogP contribution in [-0.2, 0) is 9.59 Å². The van der Waals surface area contributed by atoms with E-state index in [2.05, 4.69) is 10.2 Å². The maximum absolute atomic E-state index is 12.4. The molecule has 0 spiro atoms. The molecule has 2 amide bonds. The minimum atomic E-state index is -0.0222. The number of carbonyl (C=O) groups excluding carboxylic acids is 2. The molecule has 6 nitrogen and oxygen atoms in total. The van der Waals surface area contributed by atoms with Gasteiger partial charge in [0.15, 0.2) is 13.1 Å². The smallest absolute Gasteiger partial charge is 0.277 e. The summed E-state index contributed by atoms with van der Waals surface area (Å²) in [6.45, 7) is 7.47. The molecular formula is C18H28ClN4O2+. The summed E-state index contributed by atoms with van der Waals surface area (Å²) in [5.41, 5.74) is 1.09. The molecule has 1 aliphatic heterocycles. The Labute approximate surface area is 154 Å². The summed E-state index contributed by atoms with van der Waals surface area (Å²) in [5, 5.41) is 3.58. The number of benzene rings is 1. The van der Waals surface area contributed by atoms with Gasteiger partial charge in [0.25, 0.3) is 11.8 Å². The van der Waals surface area contributed by atoms with Crippen LogP contribution in [0.2, 0.25) is 5.02 Å². The van der Waals surface area contributed by atoms with Crippen LogP contribution in [-0.4, -0.2) is 69.1 Å². The summed E-state index contributed by atoms with van der Waals surface area (Å²) >= 11 is 6.05. The topological polar surface area (TPSA) is 57.1 Å². The van der Waals surface area contributed by atoms with E-state index in [9.17, 15) is 9.59 Å². The van der Waals surface area contributed by atoms with Gasteiger partial charge in [-0.2, -0.15) is 0 Å². The number of piperazine rings is 1. The molecule has 0 bridgehead atoms. The van der Waals surface area contributed by atoms with Crippen molar-refractivity contribution in [2.24, 2.45) is 0 Å². The molecule has 1 atom stereocenters. The van der Waals surface area contributed by atoms with E-state index in [-0.39, 0.29) is 17.9 Å². The lowest BCUT2D eigenvalue weighted by molar-refractivity contribution is -0.863. The third kappa shape index (κ3) is 6.21. The average Bonchev–Trinajstić information content (AvgIpc) is 2.54. The molecule has 0 saturated carbocycles. The zero-order valence-electron chi connectivity index (χ0n) is 15.2. The number of hydrogen-bond donors (Lipinski definition) is 2. The summed E-state index contributed by atoms with van der Waals surface area (Å²) in [7, 11) is 1.88. The van der Waals surface area contributed by atoms with Crippen LogP contribution in [0.4, 0.5) is 5.69 Å². The number of quaternary nitrogens is 1. The molecule has 138 valence electrons. The molecular weight excluding hydrogens is 340 g/mol. The van der Waals surface area contributed by atoms with Crippen molar-refractivity contribution in [3.8, 4) is 0 Å². The Morgan fingerprint density at radius 1 is 1.20 bits per heavy atom. The van der Waals surface area contributed by atoms with Gasteiger partial charge in [-0.25, -0.2) is 0 Å². The summed E-state index contributed by atoms with van der Waals surface area (Å²) < 4.78 is 0. The van der Waals surface area contributed by atoms with Crippen molar-refractivity contribution in [1.82, 2.24) is 10.2 Å². The first kappa shape index (κ1) is 19.5. The molecule has 1 fully saturated rings.